The van der Waals surface area contributed by atoms with E-state index in [0.717, 1.165) is 18.7 Å². The lowest BCUT2D eigenvalue weighted by Crippen LogP contribution is -2.35. The Bertz CT molecular complexity index is 311. The Morgan fingerprint density at radius 3 is 3.00 bits per heavy atom. The van der Waals surface area contributed by atoms with Crippen molar-refractivity contribution in [1.82, 2.24) is 15.3 Å². The third-order valence-electron chi connectivity index (χ3n) is 3.16. The Balaban J connectivity index is 1.86. The number of aromatic nitrogens is 2. The number of nitrogens with zero attached hydrogens (tertiary/aromatic N) is 1. The Kier molecular flexibility index (Phi) is 3.99. The molecule has 1 unspecified atom stereocenters. The van der Waals surface area contributed by atoms with E-state index in [1.165, 1.54) is 31.5 Å². The molecule has 3 nitrogen and oxygen atoms in total. The summed E-state index contributed by atoms with van der Waals surface area (Å²) >= 11 is 0. The van der Waals surface area contributed by atoms with E-state index < -0.39 is 0 Å². The highest BCUT2D eigenvalue weighted by Gasteiger charge is 2.14. The Morgan fingerprint density at radius 2 is 2.31 bits per heavy atom. The quantitative estimate of drug-likeness (QED) is 0.819. The molecule has 1 aliphatic rings. The number of imidazole rings is 1. The number of aromatic amines is 1. The standard InChI is InChI=1S/C13H23N3/c1-10(2)7-13-15-9-12(16-13)8-11-5-3-4-6-14-11/h9-11,14H,3-8H2,1-2H3,(H,15,16). The SMILES string of the molecule is CC(C)Cc1ncc(CC2CCCCN2)[nH]1. The number of piperidine rings is 1. The molecule has 2 heterocycles. The van der Waals surface area contributed by atoms with Crippen molar-refractivity contribution in [3.63, 3.8) is 0 Å². The minimum Gasteiger partial charge on any atom is -0.346 e. The predicted octanol–water partition coefficient (Wildman–Crippen LogP) is 2.29. The van der Waals surface area contributed by atoms with Crippen LogP contribution in [0.15, 0.2) is 6.20 Å². The van der Waals surface area contributed by atoms with Crippen molar-refractivity contribution in [2.75, 3.05) is 6.54 Å². The second-order valence-corrected chi connectivity index (χ2v) is 5.30. The first kappa shape index (κ1) is 11.6. The number of nitrogens with one attached hydrogen (secondary N) is 2. The maximum Gasteiger partial charge on any atom is 0.106 e. The predicted molar refractivity (Wildman–Crippen MR) is 66.5 cm³/mol. The molecule has 1 saturated heterocycles. The maximum atomic E-state index is 4.44. The molecule has 0 amide bonds. The molecule has 90 valence electrons. The van der Waals surface area contributed by atoms with Gasteiger partial charge in [-0.1, -0.05) is 20.3 Å². The number of hydrogen-bond donors (Lipinski definition) is 2. The van der Waals surface area contributed by atoms with Gasteiger partial charge in [0.2, 0.25) is 0 Å². The zero-order valence-electron chi connectivity index (χ0n) is 10.4. The molecule has 0 bridgehead atoms. The fourth-order valence-corrected chi connectivity index (χ4v) is 2.36. The molecule has 2 rings (SSSR count). The maximum absolute atomic E-state index is 4.44. The molecule has 16 heavy (non-hydrogen) atoms. The van der Waals surface area contributed by atoms with Gasteiger partial charge in [-0.3, -0.25) is 0 Å². The second-order valence-electron chi connectivity index (χ2n) is 5.30. The minimum atomic E-state index is 0.654. The van der Waals surface area contributed by atoms with Gasteiger partial charge < -0.3 is 10.3 Å². The van der Waals surface area contributed by atoms with E-state index in [0.29, 0.717) is 12.0 Å². The summed E-state index contributed by atoms with van der Waals surface area (Å²) in [7, 11) is 0. The molecule has 1 atom stereocenters. The van der Waals surface area contributed by atoms with Gasteiger partial charge in [0, 0.05) is 30.8 Å². The molecule has 0 radical (unpaired) electrons. The van der Waals surface area contributed by atoms with E-state index in [1.54, 1.807) is 0 Å². The van der Waals surface area contributed by atoms with Crippen molar-refractivity contribution >= 4 is 0 Å². The monoisotopic (exact) mass is 221 g/mol. The smallest absolute Gasteiger partial charge is 0.106 e. The lowest BCUT2D eigenvalue weighted by Gasteiger charge is -2.22. The molecule has 1 aromatic rings. The van der Waals surface area contributed by atoms with Gasteiger partial charge in [0.25, 0.3) is 0 Å². The zero-order valence-corrected chi connectivity index (χ0v) is 10.4. The highest BCUT2D eigenvalue weighted by molar-refractivity contribution is 5.04. The van der Waals surface area contributed by atoms with E-state index >= 15 is 0 Å². The molecule has 0 spiro atoms. The number of rotatable bonds is 4. The van der Waals surface area contributed by atoms with Crippen LogP contribution < -0.4 is 5.32 Å². The fraction of sp³-hybridized carbons (Fsp3) is 0.769. The van der Waals surface area contributed by atoms with Crippen molar-refractivity contribution in [2.24, 2.45) is 5.92 Å². The fourth-order valence-electron chi connectivity index (χ4n) is 2.36. The molecule has 0 aliphatic carbocycles. The molecule has 0 aromatic carbocycles. The van der Waals surface area contributed by atoms with Crippen LogP contribution in [0, 0.1) is 5.92 Å². The summed E-state index contributed by atoms with van der Waals surface area (Å²) in [5.41, 5.74) is 1.29. The van der Waals surface area contributed by atoms with E-state index in [2.05, 4.69) is 29.1 Å². The van der Waals surface area contributed by atoms with Crippen LogP contribution in [0.1, 0.15) is 44.6 Å². The molecular weight excluding hydrogens is 198 g/mol. The van der Waals surface area contributed by atoms with Crippen LogP contribution in [0.5, 0.6) is 0 Å². The second kappa shape index (κ2) is 5.48. The normalized spacial score (nSPS) is 21.6. The van der Waals surface area contributed by atoms with Crippen molar-refractivity contribution in [2.45, 2.75) is 52.0 Å². The number of H-pyrrole nitrogens is 1. The van der Waals surface area contributed by atoms with Crippen LogP contribution in [-0.4, -0.2) is 22.6 Å². The third kappa shape index (κ3) is 3.34. The average Bonchev–Trinajstić information content (AvgIpc) is 2.66. The van der Waals surface area contributed by atoms with E-state index in [9.17, 15) is 0 Å². The van der Waals surface area contributed by atoms with Gasteiger partial charge in [0.05, 0.1) is 0 Å². The highest BCUT2D eigenvalue weighted by atomic mass is 14.9. The summed E-state index contributed by atoms with van der Waals surface area (Å²) in [6.07, 6.45) is 8.17. The molecule has 0 saturated carbocycles. The summed E-state index contributed by atoms with van der Waals surface area (Å²) in [5, 5.41) is 3.57. The minimum absolute atomic E-state index is 0.654. The molecule has 1 fully saturated rings. The van der Waals surface area contributed by atoms with Gasteiger partial charge in [-0.25, -0.2) is 4.98 Å². The van der Waals surface area contributed by atoms with E-state index in [1.807, 2.05) is 6.20 Å². The van der Waals surface area contributed by atoms with Crippen molar-refractivity contribution in [1.29, 1.82) is 0 Å². The molecular formula is C13H23N3. The lowest BCUT2D eigenvalue weighted by molar-refractivity contribution is 0.397. The number of hydrogen-bond acceptors (Lipinski definition) is 2. The van der Waals surface area contributed by atoms with Crippen molar-refractivity contribution in [3.05, 3.63) is 17.7 Å². The van der Waals surface area contributed by atoms with E-state index in [-0.39, 0.29) is 0 Å². The van der Waals surface area contributed by atoms with Gasteiger partial charge in [-0.15, -0.1) is 0 Å². The van der Waals surface area contributed by atoms with Gasteiger partial charge >= 0.3 is 0 Å². The van der Waals surface area contributed by atoms with Crippen molar-refractivity contribution in [3.8, 4) is 0 Å². The van der Waals surface area contributed by atoms with Crippen LogP contribution in [0.3, 0.4) is 0 Å². The Hall–Kier alpha value is -0.830. The van der Waals surface area contributed by atoms with E-state index in [4.69, 9.17) is 0 Å². The van der Waals surface area contributed by atoms with Gasteiger partial charge in [0.1, 0.15) is 5.82 Å². The third-order valence-corrected chi connectivity index (χ3v) is 3.16. The zero-order chi connectivity index (χ0) is 11.4. The molecule has 3 heteroatoms. The highest BCUT2D eigenvalue weighted by Crippen LogP contribution is 2.12. The first-order valence-corrected chi connectivity index (χ1v) is 6.50. The first-order valence-electron chi connectivity index (χ1n) is 6.50. The summed E-state index contributed by atoms with van der Waals surface area (Å²) in [5.74, 6) is 1.81. The summed E-state index contributed by atoms with van der Waals surface area (Å²) < 4.78 is 0. The van der Waals surface area contributed by atoms with Crippen LogP contribution in [-0.2, 0) is 12.8 Å². The van der Waals surface area contributed by atoms with Crippen LogP contribution in [0.4, 0.5) is 0 Å². The van der Waals surface area contributed by atoms with Gasteiger partial charge in [-0.2, -0.15) is 0 Å². The summed E-state index contributed by atoms with van der Waals surface area (Å²) in [6.45, 7) is 5.63. The van der Waals surface area contributed by atoms with Crippen molar-refractivity contribution < 1.29 is 0 Å². The summed E-state index contributed by atoms with van der Waals surface area (Å²) in [4.78, 5) is 7.88. The largest absolute Gasteiger partial charge is 0.346 e. The summed E-state index contributed by atoms with van der Waals surface area (Å²) in [6, 6.07) is 0.654. The molecule has 2 N–H and O–H groups in total. The van der Waals surface area contributed by atoms with Crippen LogP contribution in [0.2, 0.25) is 0 Å². The van der Waals surface area contributed by atoms with Gasteiger partial charge in [0.15, 0.2) is 0 Å². The Morgan fingerprint density at radius 1 is 1.44 bits per heavy atom. The van der Waals surface area contributed by atoms with Gasteiger partial charge in [-0.05, 0) is 25.3 Å². The average molecular weight is 221 g/mol. The topological polar surface area (TPSA) is 40.7 Å². The lowest BCUT2D eigenvalue weighted by atomic mass is 10.0. The van der Waals surface area contributed by atoms with Crippen LogP contribution >= 0.6 is 0 Å². The first-order chi connectivity index (χ1) is 7.74. The Labute approximate surface area is 98.1 Å². The molecule has 1 aromatic heterocycles. The van der Waals surface area contributed by atoms with Crippen LogP contribution in [0.25, 0.3) is 0 Å². The molecule has 1 aliphatic heterocycles.